The maximum absolute atomic E-state index is 9.73. The maximum atomic E-state index is 9.73. The molecule has 3 nitrogen and oxygen atoms in total. The average Bonchev–Trinajstić information content (AvgIpc) is 2.41. The van der Waals surface area contributed by atoms with E-state index in [0.29, 0.717) is 13.0 Å². The maximum Gasteiger partial charge on any atom is 0.106 e. The number of rotatable bonds is 4. The number of hydrogen-bond acceptors (Lipinski definition) is 3. The van der Waals surface area contributed by atoms with Crippen LogP contribution in [0.25, 0.3) is 0 Å². The number of aryl methyl sites for hydroxylation is 2. The molecule has 1 unspecified atom stereocenters. The number of nitrogens with two attached hydrogens (primary N) is 1. The van der Waals surface area contributed by atoms with Crippen LogP contribution in [0.1, 0.15) is 36.0 Å². The van der Waals surface area contributed by atoms with Crippen LogP contribution in [0, 0.1) is 13.8 Å². The van der Waals surface area contributed by atoms with Crippen molar-refractivity contribution in [2.24, 2.45) is 5.73 Å². The third-order valence-electron chi connectivity index (χ3n) is 2.12. The van der Waals surface area contributed by atoms with Gasteiger partial charge in [-0.25, -0.2) is 0 Å². The van der Waals surface area contributed by atoms with Gasteiger partial charge in [0.1, 0.15) is 11.5 Å². The minimum Gasteiger partial charge on any atom is -0.466 e. The lowest BCUT2D eigenvalue weighted by atomic mass is 10.1. The van der Waals surface area contributed by atoms with Crippen LogP contribution in [0.5, 0.6) is 0 Å². The van der Waals surface area contributed by atoms with Crippen LogP contribution in [0.2, 0.25) is 0 Å². The van der Waals surface area contributed by atoms with Gasteiger partial charge >= 0.3 is 0 Å². The fraction of sp³-hybridized carbons (Fsp3) is 0.600. The molecule has 1 atom stereocenters. The molecule has 0 spiro atoms. The quantitative estimate of drug-likeness (QED) is 0.746. The minimum atomic E-state index is -0.430. The molecule has 0 amide bonds. The molecule has 0 fully saturated rings. The van der Waals surface area contributed by atoms with Crippen molar-refractivity contribution >= 4 is 0 Å². The van der Waals surface area contributed by atoms with Gasteiger partial charge in [-0.15, -0.1) is 0 Å². The van der Waals surface area contributed by atoms with Gasteiger partial charge in [-0.05, 0) is 39.3 Å². The van der Waals surface area contributed by atoms with Gasteiger partial charge in [-0.3, -0.25) is 0 Å². The third kappa shape index (κ3) is 2.57. The summed E-state index contributed by atoms with van der Waals surface area (Å²) < 4.78 is 5.32. The van der Waals surface area contributed by atoms with Crippen molar-refractivity contribution in [2.75, 3.05) is 6.54 Å². The molecule has 13 heavy (non-hydrogen) atoms. The summed E-state index contributed by atoms with van der Waals surface area (Å²) in [6, 6.07) is 1.89. The van der Waals surface area contributed by atoms with Crippen molar-refractivity contribution < 1.29 is 9.52 Å². The van der Waals surface area contributed by atoms with Crippen LogP contribution in [0.15, 0.2) is 10.5 Å². The van der Waals surface area contributed by atoms with E-state index >= 15 is 0 Å². The van der Waals surface area contributed by atoms with Gasteiger partial charge in [0, 0.05) is 5.56 Å². The first-order valence-corrected chi connectivity index (χ1v) is 4.60. The monoisotopic (exact) mass is 183 g/mol. The molecule has 0 aliphatic carbocycles. The predicted molar refractivity (Wildman–Crippen MR) is 51.4 cm³/mol. The first-order valence-electron chi connectivity index (χ1n) is 4.60. The zero-order valence-corrected chi connectivity index (χ0v) is 8.21. The number of aliphatic hydroxyl groups excluding tert-OH is 1. The smallest absolute Gasteiger partial charge is 0.106 e. The lowest BCUT2D eigenvalue weighted by Gasteiger charge is -2.07. The van der Waals surface area contributed by atoms with Crippen LogP contribution in [-0.2, 0) is 0 Å². The molecule has 3 heteroatoms. The van der Waals surface area contributed by atoms with Crippen molar-refractivity contribution in [3.8, 4) is 0 Å². The van der Waals surface area contributed by atoms with Gasteiger partial charge in [0.15, 0.2) is 0 Å². The Hall–Kier alpha value is -0.800. The predicted octanol–water partition coefficient (Wildman–Crippen LogP) is 1.67. The normalized spacial score (nSPS) is 13.2. The van der Waals surface area contributed by atoms with Crippen molar-refractivity contribution in [2.45, 2.75) is 32.8 Å². The number of aliphatic hydroxyl groups is 1. The van der Waals surface area contributed by atoms with Crippen molar-refractivity contribution in [3.05, 3.63) is 23.2 Å². The highest BCUT2D eigenvalue weighted by atomic mass is 16.3. The molecule has 0 bridgehead atoms. The van der Waals surface area contributed by atoms with Crippen molar-refractivity contribution in [3.63, 3.8) is 0 Å². The van der Waals surface area contributed by atoms with Crippen LogP contribution in [0.4, 0.5) is 0 Å². The molecule has 0 aromatic carbocycles. The molecule has 1 aromatic rings. The lowest BCUT2D eigenvalue weighted by Crippen LogP contribution is -2.03. The van der Waals surface area contributed by atoms with Crippen LogP contribution >= 0.6 is 0 Å². The number of furan rings is 1. The zero-order chi connectivity index (χ0) is 9.84. The molecular formula is C10H17NO2. The molecule has 0 saturated carbocycles. The molecule has 74 valence electrons. The van der Waals surface area contributed by atoms with Crippen LogP contribution in [-0.4, -0.2) is 11.7 Å². The zero-order valence-electron chi connectivity index (χ0n) is 8.21. The standard InChI is InChI=1S/C10H17NO2/c1-7-6-9(8(2)13-7)10(12)4-3-5-11/h6,10,12H,3-5,11H2,1-2H3. The summed E-state index contributed by atoms with van der Waals surface area (Å²) in [6.07, 6.45) is 1.11. The van der Waals surface area contributed by atoms with E-state index in [0.717, 1.165) is 23.5 Å². The van der Waals surface area contributed by atoms with E-state index < -0.39 is 6.10 Å². The van der Waals surface area contributed by atoms with Crippen LogP contribution < -0.4 is 5.73 Å². The molecule has 0 radical (unpaired) electrons. The molecule has 0 saturated heterocycles. The Morgan fingerprint density at radius 2 is 2.23 bits per heavy atom. The Bertz CT molecular complexity index is 268. The van der Waals surface area contributed by atoms with E-state index in [1.807, 2.05) is 19.9 Å². The second kappa shape index (κ2) is 4.44. The fourth-order valence-electron chi connectivity index (χ4n) is 1.45. The minimum absolute atomic E-state index is 0.430. The molecule has 1 rings (SSSR count). The Labute approximate surface area is 78.5 Å². The highest BCUT2D eigenvalue weighted by Crippen LogP contribution is 2.24. The topological polar surface area (TPSA) is 59.4 Å². The first-order chi connectivity index (χ1) is 6.15. The van der Waals surface area contributed by atoms with E-state index in [9.17, 15) is 5.11 Å². The Kier molecular flexibility index (Phi) is 3.51. The summed E-state index contributed by atoms with van der Waals surface area (Å²) in [5.74, 6) is 1.65. The van der Waals surface area contributed by atoms with Gasteiger partial charge in [0.05, 0.1) is 6.10 Å². The Morgan fingerprint density at radius 1 is 1.54 bits per heavy atom. The molecule has 3 N–H and O–H groups in total. The van der Waals surface area contributed by atoms with E-state index in [2.05, 4.69) is 0 Å². The van der Waals surface area contributed by atoms with E-state index in [4.69, 9.17) is 10.2 Å². The largest absolute Gasteiger partial charge is 0.466 e. The van der Waals surface area contributed by atoms with E-state index in [1.54, 1.807) is 0 Å². The number of hydrogen-bond donors (Lipinski definition) is 2. The molecule has 1 aromatic heterocycles. The van der Waals surface area contributed by atoms with Gasteiger partial charge in [-0.1, -0.05) is 0 Å². The highest BCUT2D eigenvalue weighted by Gasteiger charge is 2.13. The summed E-state index contributed by atoms with van der Waals surface area (Å²) in [5.41, 5.74) is 6.26. The van der Waals surface area contributed by atoms with Gasteiger partial charge in [0.2, 0.25) is 0 Å². The summed E-state index contributed by atoms with van der Waals surface area (Å²) >= 11 is 0. The first kappa shape index (κ1) is 10.3. The van der Waals surface area contributed by atoms with Crippen LogP contribution in [0.3, 0.4) is 0 Å². The Balaban J connectivity index is 2.64. The van der Waals surface area contributed by atoms with Gasteiger partial charge in [-0.2, -0.15) is 0 Å². The van der Waals surface area contributed by atoms with E-state index in [-0.39, 0.29) is 0 Å². The molecule has 0 aliphatic heterocycles. The summed E-state index contributed by atoms with van der Waals surface area (Å²) in [4.78, 5) is 0. The average molecular weight is 183 g/mol. The van der Waals surface area contributed by atoms with Crippen molar-refractivity contribution in [1.29, 1.82) is 0 Å². The molecule has 0 aliphatic rings. The summed E-state index contributed by atoms with van der Waals surface area (Å²) in [5, 5.41) is 9.73. The lowest BCUT2D eigenvalue weighted by molar-refractivity contribution is 0.163. The Morgan fingerprint density at radius 3 is 2.69 bits per heavy atom. The van der Waals surface area contributed by atoms with Gasteiger partial charge in [0.25, 0.3) is 0 Å². The second-order valence-corrected chi connectivity index (χ2v) is 3.32. The summed E-state index contributed by atoms with van der Waals surface area (Å²) in [7, 11) is 0. The second-order valence-electron chi connectivity index (χ2n) is 3.32. The van der Waals surface area contributed by atoms with E-state index in [1.165, 1.54) is 0 Å². The van der Waals surface area contributed by atoms with Gasteiger partial charge < -0.3 is 15.3 Å². The SMILES string of the molecule is Cc1cc(C(O)CCCN)c(C)o1. The summed E-state index contributed by atoms with van der Waals surface area (Å²) in [6.45, 7) is 4.37. The molecular weight excluding hydrogens is 166 g/mol. The van der Waals surface area contributed by atoms with Crippen molar-refractivity contribution in [1.82, 2.24) is 0 Å². The molecule has 1 heterocycles. The highest BCUT2D eigenvalue weighted by molar-refractivity contribution is 5.22. The third-order valence-corrected chi connectivity index (χ3v) is 2.12. The fourth-order valence-corrected chi connectivity index (χ4v) is 1.45.